The molecular weight excluding hydrogens is 190 g/mol. The van der Waals surface area contributed by atoms with Crippen LogP contribution in [0.4, 0.5) is 0 Å². The first-order valence-electron chi connectivity index (χ1n) is 5.18. The second-order valence-electron chi connectivity index (χ2n) is 3.76. The van der Waals surface area contributed by atoms with Gasteiger partial charge >= 0.3 is 0 Å². The smallest absolute Gasteiger partial charge is 0.0878 e. The van der Waals surface area contributed by atoms with Gasteiger partial charge in [0.25, 0.3) is 0 Å². The summed E-state index contributed by atoms with van der Waals surface area (Å²) in [7, 11) is 0. The predicted octanol–water partition coefficient (Wildman–Crippen LogP) is 1.22. The van der Waals surface area contributed by atoms with Gasteiger partial charge in [-0.25, -0.2) is 0 Å². The van der Waals surface area contributed by atoms with Gasteiger partial charge in [0, 0.05) is 18.9 Å². The number of hydrogen-bond donors (Lipinski definition) is 2. The standard InChI is InChI=1S/C11H13N3O/c1-2-12-10-5-8(6-14-9(1)10)11-7-15-4-3-13-11/h1-2,5-6,11-13H,3-4,7H2/t11-/m1/s1. The Balaban J connectivity index is 1.95. The third kappa shape index (κ3) is 1.62. The molecule has 1 aliphatic rings. The molecule has 0 amide bonds. The first-order chi connectivity index (χ1) is 7.43. The lowest BCUT2D eigenvalue weighted by atomic mass is 10.1. The van der Waals surface area contributed by atoms with E-state index in [2.05, 4.69) is 21.4 Å². The van der Waals surface area contributed by atoms with E-state index in [-0.39, 0.29) is 6.04 Å². The van der Waals surface area contributed by atoms with Crippen LogP contribution in [0.2, 0.25) is 0 Å². The van der Waals surface area contributed by atoms with Gasteiger partial charge in [-0.05, 0) is 17.7 Å². The Kier molecular flexibility index (Phi) is 2.16. The lowest BCUT2D eigenvalue weighted by Gasteiger charge is -2.23. The summed E-state index contributed by atoms with van der Waals surface area (Å²) in [6.07, 6.45) is 3.83. The van der Waals surface area contributed by atoms with E-state index in [0.29, 0.717) is 0 Å². The lowest BCUT2D eigenvalue weighted by molar-refractivity contribution is 0.0768. The fourth-order valence-corrected chi connectivity index (χ4v) is 1.92. The number of rotatable bonds is 1. The highest BCUT2D eigenvalue weighted by molar-refractivity contribution is 5.75. The number of pyridine rings is 1. The van der Waals surface area contributed by atoms with Crippen LogP contribution in [0.25, 0.3) is 11.0 Å². The van der Waals surface area contributed by atoms with Crippen LogP contribution in [0.1, 0.15) is 11.6 Å². The number of H-pyrrole nitrogens is 1. The second-order valence-corrected chi connectivity index (χ2v) is 3.76. The summed E-state index contributed by atoms with van der Waals surface area (Å²) in [5.41, 5.74) is 3.28. The molecule has 78 valence electrons. The lowest BCUT2D eigenvalue weighted by Crippen LogP contribution is -2.34. The summed E-state index contributed by atoms with van der Waals surface area (Å²) >= 11 is 0. The topological polar surface area (TPSA) is 49.9 Å². The van der Waals surface area contributed by atoms with Crippen molar-refractivity contribution in [3.05, 3.63) is 30.1 Å². The van der Waals surface area contributed by atoms with Gasteiger partial charge < -0.3 is 15.0 Å². The van der Waals surface area contributed by atoms with Crippen LogP contribution in [-0.4, -0.2) is 29.7 Å². The fraction of sp³-hybridized carbons (Fsp3) is 0.364. The average Bonchev–Trinajstić information content (AvgIpc) is 2.77. The molecule has 15 heavy (non-hydrogen) atoms. The van der Waals surface area contributed by atoms with E-state index >= 15 is 0 Å². The molecule has 0 unspecified atom stereocenters. The first kappa shape index (κ1) is 8.88. The molecule has 3 heterocycles. The van der Waals surface area contributed by atoms with E-state index < -0.39 is 0 Å². The van der Waals surface area contributed by atoms with Crippen molar-refractivity contribution in [2.75, 3.05) is 19.8 Å². The quantitative estimate of drug-likeness (QED) is 0.732. The van der Waals surface area contributed by atoms with Crippen molar-refractivity contribution in [3.63, 3.8) is 0 Å². The van der Waals surface area contributed by atoms with E-state index in [4.69, 9.17) is 4.74 Å². The van der Waals surface area contributed by atoms with Crippen molar-refractivity contribution in [1.82, 2.24) is 15.3 Å². The Morgan fingerprint density at radius 2 is 2.47 bits per heavy atom. The highest BCUT2D eigenvalue weighted by atomic mass is 16.5. The number of aromatic amines is 1. The maximum Gasteiger partial charge on any atom is 0.0878 e. The van der Waals surface area contributed by atoms with Crippen molar-refractivity contribution in [2.45, 2.75) is 6.04 Å². The summed E-state index contributed by atoms with van der Waals surface area (Å²) < 4.78 is 5.43. The number of nitrogens with one attached hydrogen (secondary N) is 2. The molecule has 1 atom stereocenters. The van der Waals surface area contributed by atoms with Crippen molar-refractivity contribution < 1.29 is 4.74 Å². The zero-order chi connectivity index (χ0) is 10.1. The van der Waals surface area contributed by atoms with Crippen LogP contribution in [-0.2, 0) is 4.74 Å². The number of ether oxygens (including phenoxy) is 1. The van der Waals surface area contributed by atoms with Gasteiger partial charge in [-0.1, -0.05) is 0 Å². The minimum Gasteiger partial charge on any atom is -0.378 e. The predicted molar refractivity (Wildman–Crippen MR) is 57.7 cm³/mol. The third-order valence-corrected chi connectivity index (χ3v) is 2.74. The Labute approximate surface area is 87.7 Å². The summed E-state index contributed by atoms with van der Waals surface area (Å²) in [4.78, 5) is 7.56. The largest absolute Gasteiger partial charge is 0.378 e. The highest BCUT2D eigenvalue weighted by Crippen LogP contribution is 2.18. The monoisotopic (exact) mass is 203 g/mol. The number of aromatic nitrogens is 2. The van der Waals surface area contributed by atoms with Gasteiger partial charge in [0.15, 0.2) is 0 Å². The van der Waals surface area contributed by atoms with Crippen molar-refractivity contribution >= 4 is 11.0 Å². The molecule has 2 aromatic rings. The van der Waals surface area contributed by atoms with Crippen molar-refractivity contribution in [2.24, 2.45) is 0 Å². The molecule has 4 heteroatoms. The Hall–Kier alpha value is -1.39. The van der Waals surface area contributed by atoms with Gasteiger partial charge in [0.05, 0.1) is 30.3 Å². The summed E-state index contributed by atoms with van der Waals surface area (Å²) in [6.45, 7) is 2.44. The molecule has 1 aliphatic heterocycles. The molecule has 0 radical (unpaired) electrons. The summed E-state index contributed by atoms with van der Waals surface area (Å²) in [5, 5.41) is 3.41. The highest BCUT2D eigenvalue weighted by Gasteiger charge is 2.15. The van der Waals surface area contributed by atoms with Crippen LogP contribution in [0, 0.1) is 0 Å². The number of fused-ring (bicyclic) bond motifs is 1. The molecule has 1 fully saturated rings. The van der Waals surface area contributed by atoms with Crippen LogP contribution >= 0.6 is 0 Å². The normalized spacial score (nSPS) is 22.0. The number of nitrogens with zero attached hydrogens (tertiary/aromatic N) is 1. The Morgan fingerprint density at radius 3 is 3.33 bits per heavy atom. The first-order valence-corrected chi connectivity index (χ1v) is 5.18. The molecule has 4 nitrogen and oxygen atoms in total. The minimum atomic E-state index is 0.277. The number of hydrogen-bond acceptors (Lipinski definition) is 3. The van der Waals surface area contributed by atoms with Crippen LogP contribution in [0.15, 0.2) is 24.5 Å². The maximum absolute atomic E-state index is 5.43. The maximum atomic E-state index is 5.43. The molecular formula is C11H13N3O. The van der Waals surface area contributed by atoms with Crippen molar-refractivity contribution in [1.29, 1.82) is 0 Å². The molecule has 0 aromatic carbocycles. The summed E-state index contributed by atoms with van der Waals surface area (Å²) in [6, 6.07) is 4.39. The van der Waals surface area contributed by atoms with E-state index in [1.807, 2.05) is 18.5 Å². The Morgan fingerprint density at radius 1 is 1.47 bits per heavy atom. The summed E-state index contributed by atoms with van der Waals surface area (Å²) in [5.74, 6) is 0. The van der Waals surface area contributed by atoms with Crippen LogP contribution < -0.4 is 5.32 Å². The molecule has 0 bridgehead atoms. The molecule has 0 spiro atoms. The molecule has 3 rings (SSSR count). The fourth-order valence-electron chi connectivity index (χ4n) is 1.92. The SMILES string of the molecule is c1cc2ncc([C@H]3COCCN3)cc2[nH]1. The van der Waals surface area contributed by atoms with E-state index in [1.165, 1.54) is 5.56 Å². The van der Waals surface area contributed by atoms with Crippen LogP contribution in [0.3, 0.4) is 0 Å². The zero-order valence-electron chi connectivity index (χ0n) is 8.36. The Bertz CT molecular complexity index is 460. The van der Waals surface area contributed by atoms with E-state index in [9.17, 15) is 0 Å². The van der Waals surface area contributed by atoms with Crippen molar-refractivity contribution in [3.8, 4) is 0 Å². The molecule has 0 saturated carbocycles. The van der Waals surface area contributed by atoms with Crippen LogP contribution in [0.5, 0.6) is 0 Å². The van der Waals surface area contributed by atoms with E-state index in [0.717, 1.165) is 30.8 Å². The minimum absolute atomic E-state index is 0.277. The van der Waals surface area contributed by atoms with Gasteiger partial charge in [-0.2, -0.15) is 0 Å². The number of morpholine rings is 1. The molecule has 1 saturated heterocycles. The van der Waals surface area contributed by atoms with Gasteiger partial charge in [-0.15, -0.1) is 0 Å². The molecule has 2 N–H and O–H groups in total. The van der Waals surface area contributed by atoms with Gasteiger partial charge in [0.1, 0.15) is 0 Å². The van der Waals surface area contributed by atoms with Gasteiger partial charge in [-0.3, -0.25) is 4.98 Å². The van der Waals surface area contributed by atoms with Gasteiger partial charge in [0.2, 0.25) is 0 Å². The van der Waals surface area contributed by atoms with E-state index in [1.54, 1.807) is 0 Å². The zero-order valence-corrected chi connectivity index (χ0v) is 8.36. The second kappa shape index (κ2) is 3.64. The third-order valence-electron chi connectivity index (χ3n) is 2.74. The molecule has 2 aromatic heterocycles. The average molecular weight is 203 g/mol. The molecule has 0 aliphatic carbocycles.